The molecule has 0 spiro atoms. The van der Waals surface area contributed by atoms with Crippen LogP contribution >= 0.6 is 0 Å². The molecule has 0 unspecified atom stereocenters. The molecule has 0 amide bonds. The lowest BCUT2D eigenvalue weighted by Crippen LogP contribution is -2.31. The Hall–Kier alpha value is -0.380. The standard InChI is InChI=1S/C7H10O3/c1-4-2-5(8)6-3-9-7(4)10-6/h2,5-8H,3H2,1H3/t5-,6-,7+/m1/s1. The molecule has 1 fully saturated rings. The van der Waals surface area contributed by atoms with Crippen molar-refractivity contribution < 1.29 is 14.6 Å². The van der Waals surface area contributed by atoms with Gasteiger partial charge in [-0.3, -0.25) is 0 Å². The van der Waals surface area contributed by atoms with Crippen molar-refractivity contribution >= 4 is 0 Å². The van der Waals surface area contributed by atoms with Crippen LogP contribution in [0.4, 0.5) is 0 Å². The molecule has 0 saturated carbocycles. The minimum Gasteiger partial charge on any atom is -0.386 e. The second-order valence-electron chi connectivity index (χ2n) is 2.74. The average molecular weight is 142 g/mol. The highest BCUT2D eigenvalue weighted by Crippen LogP contribution is 2.26. The van der Waals surface area contributed by atoms with E-state index in [4.69, 9.17) is 9.47 Å². The van der Waals surface area contributed by atoms with E-state index in [1.807, 2.05) is 6.92 Å². The van der Waals surface area contributed by atoms with Gasteiger partial charge in [-0.1, -0.05) is 0 Å². The lowest BCUT2D eigenvalue weighted by atomic mass is 10.1. The molecule has 1 saturated heterocycles. The molecular formula is C7H10O3. The fourth-order valence-corrected chi connectivity index (χ4v) is 1.29. The molecule has 3 atom stereocenters. The molecule has 0 aromatic carbocycles. The predicted octanol–water partition coefficient (Wildman–Crippen LogP) is 0.0487. The van der Waals surface area contributed by atoms with E-state index in [-0.39, 0.29) is 12.4 Å². The third-order valence-electron chi connectivity index (χ3n) is 1.90. The van der Waals surface area contributed by atoms with E-state index < -0.39 is 6.10 Å². The molecule has 1 N–H and O–H groups in total. The third kappa shape index (κ3) is 0.785. The van der Waals surface area contributed by atoms with E-state index >= 15 is 0 Å². The van der Waals surface area contributed by atoms with Crippen LogP contribution in [-0.4, -0.2) is 30.2 Å². The number of aliphatic hydroxyl groups is 1. The zero-order valence-electron chi connectivity index (χ0n) is 5.78. The summed E-state index contributed by atoms with van der Waals surface area (Å²) in [5.41, 5.74) is 0.973. The Kier molecular flexibility index (Phi) is 1.30. The van der Waals surface area contributed by atoms with Gasteiger partial charge in [0.1, 0.15) is 12.2 Å². The molecule has 0 aromatic rings. The first-order chi connectivity index (χ1) is 4.77. The zero-order valence-corrected chi connectivity index (χ0v) is 5.78. The average Bonchev–Trinajstić information content (AvgIpc) is 2.28. The highest BCUT2D eigenvalue weighted by molar-refractivity contribution is 5.12. The molecule has 10 heavy (non-hydrogen) atoms. The van der Waals surface area contributed by atoms with Gasteiger partial charge in [0.15, 0.2) is 6.29 Å². The van der Waals surface area contributed by atoms with Crippen LogP contribution in [0, 0.1) is 0 Å². The Morgan fingerprint density at radius 2 is 2.50 bits per heavy atom. The topological polar surface area (TPSA) is 38.7 Å². The van der Waals surface area contributed by atoms with Crippen LogP contribution in [0.25, 0.3) is 0 Å². The summed E-state index contributed by atoms with van der Waals surface area (Å²) in [6, 6.07) is 0. The summed E-state index contributed by atoms with van der Waals surface area (Å²) in [4.78, 5) is 0. The summed E-state index contributed by atoms with van der Waals surface area (Å²) >= 11 is 0. The van der Waals surface area contributed by atoms with Gasteiger partial charge in [0.05, 0.1) is 6.61 Å². The molecule has 0 radical (unpaired) electrons. The van der Waals surface area contributed by atoms with Gasteiger partial charge >= 0.3 is 0 Å². The van der Waals surface area contributed by atoms with Crippen LogP contribution in [0.1, 0.15) is 6.92 Å². The minimum absolute atomic E-state index is 0.131. The van der Waals surface area contributed by atoms with Crippen molar-refractivity contribution in [1.29, 1.82) is 0 Å². The number of ether oxygens (including phenoxy) is 2. The van der Waals surface area contributed by atoms with Crippen molar-refractivity contribution in [3.8, 4) is 0 Å². The molecule has 56 valence electrons. The Bertz CT molecular complexity index is 176. The van der Waals surface area contributed by atoms with E-state index in [0.29, 0.717) is 6.61 Å². The van der Waals surface area contributed by atoms with Crippen LogP contribution in [-0.2, 0) is 9.47 Å². The van der Waals surface area contributed by atoms with Crippen LogP contribution in [0.2, 0.25) is 0 Å². The van der Waals surface area contributed by atoms with Crippen LogP contribution < -0.4 is 0 Å². The largest absolute Gasteiger partial charge is 0.386 e. The predicted molar refractivity (Wildman–Crippen MR) is 34.4 cm³/mol. The molecule has 2 bridgehead atoms. The summed E-state index contributed by atoms with van der Waals surface area (Å²) in [6.45, 7) is 2.41. The van der Waals surface area contributed by atoms with Crippen molar-refractivity contribution in [3.63, 3.8) is 0 Å². The van der Waals surface area contributed by atoms with Gasteiger partial charge in [-0.25, -0.2) is 0 Å². The summed E-state index contributed by atoms with van der Waals surface area (Å²) in [5, 5.41) is 9.28. The van der Waals surface area contributed by atoms with E-state index in [1.165, 1.54) is 0 Å². The Morgan fingerprint density at radius 3 is 3.30 bits per heavy atom. The molecule has 2 rings (SSSR count). The molecule has 2 aliphatic rings. The first-order valence-electron chi connectivity index (χ1n) is 3.41. The summed E-state index contributed by atoms with van der Waals surface area (Å²) in [5.74, 6) is 0. The van der Waals surface area contributed by atoms with Crippen LogP contribution in [0.5, 0.6) is 0 Å². The van der Waals surface area contributed by atoms with Crippen molar-refractivity contribution in [1.82, 2.24) is 0 Å². The van der Waals surface area contributed by atoms with Gasteiger partial charge in [-0.15, -0.1) is 0 Å². The molecule has 2 heterocycles. The molecular weight excluding hydrogens is 132 g/mol. The SMILES string of the molecule is CC1=C[C@@H](O)[C@H]2CO[C@H]1O2. The maximum absolute atomic E-state index is 9.28. The maximum Gasteiger partial charge on any atom is 0.180 e. The fraction of sp³-hybridized carbons (Fsp3) is 0.714. The highest BCUT2D eigenvalue weighted by atomic mass is 16.7. The van der Waals surface area contributed by atoms with E-state index in [9.17, 15) is 5.11 Å². The van der Waals surface area contributed by atoms with Gasteiger partial charge in [-0.05, 0) is 18.6 Å². The van der Waals surface area contributed by atoms with Crippen LogP contribution in [0.15, 0.2) is 11.6 Å². The minimum atomic E-state index is -0.473. The first kappa shape index (κ1) is 6.34. The van der Waals surface area contributed by atoms with Crippen molar-refractivity contribution in [2.24, 2.45) is 0 Å². The summed E-state index contributed by atoms with van der Waals surface area (Å²) in [7, 11) is 0. The van der Waals surface area contributed by atoms with Gasteiger partial charge < -0.3 is 14.6 Å². The van der Waals surface area contributed by atoms with Crippen molar-refractivity contribution in [2.75, 3.05) is 6.61 Å². The Morgan fingerprint density at radius 1 is 1.70 bits per heavy atom. The Balaban J connectivity index is 2.25. The summed E-state index contributed by atoms with van der Waals surface area (Å²) < 4.78 is 10.5. The maximum atomic E-state index is 9.28. The zero-order chi connectivity index (χ0) is 7.14. The molecule has 2 aliphatic heterocycles. The van der Waals surface area contributed by atoms with Crippen molar-refractivity contribution in [2.45, 2.75) is 25.4 Å². The van der Waals surface area contributed by atoms with E-state index in [1.54, 1.807) is 6.08 Å². The molecule has 0 aromatic heterocycles. The Labute approximate surface area is 59.2 Å². The lowest BCUT2D eigenvalue weighted by molar-refractivity contribution is -0.0612. The quantitative estimate of drug-likeness (QED) is 0.486. The lowest BCUT2D eigenvalue weighted by Gasteiger charge is -2.20. The number of hydrogen-bond acceptors (Lipinski definition) is 3. The van der Waals surface area contributed by atoms with Gasteiger partial charge in [-0.2, -0.15) is 0 Å². The number of aliphatic hydroxyl groups excluding tert-OH is 1. The molecule has 3 heteroatoms. The monoisotopic (exact) mass is 142 g/mol. The molecule has 0 aliphatic carbocycles. The summed E-state index contributed by atoms with van der Waals surface area (Å²) in [6.07, 6.45) is 1.01. The second-order valence-corrected chi connectivity index (χ2v) is 2.74. The van der Waals surface area contributed by atoms with Gasteiger partial charge in [0.2, 0.25) is 0 Å². The smallest absolute Gasteiger partial charge is 0.180 e. The highest BCUT2D eigenvalue weighted by Gasteiger charge is 2.35. The van der Waals surface area contributed by atoms with Crippen molar-refractivity contribution in [3.05, 3.63) is 11.6 Å². The fourth-order valence-electron chi connectivity index (χ4n) is 1.29. The van der Waals surface area contributed by atoms with Gasteiger partial charge in [0, 0.05) is 0 Å². The number of fused-ring (bicyclic) bond motifs is 2. The van der Waals surface area contributed by atoms with Gasteiger partial charge in [0.25, 0.3) is 0 Å². The van der Waals surface area contributed by atoms with E-state index in [0.717, 1.165) is 5.57 Å². The normalized spacial score (nSPS) is 45.4. The third-order valence-corrected chi connectivity index (χ3v) is 1.90. The molecule has 3 nitrogen and oxygen atoms in total. The number of hydrogen-bond donors (Lipinski definition) is 1. The first-order valence-corrected chi connectivity index (χ1v) is 3.41. The number of rotatable bonds is 0. The van der Waals surface area contributed by atoms with E-state index in [2.05, 4.69) is 0 Å². The van der Waals surface area contributed by atoms with Crippen LogP contribution in [0.3, 0.4) is 0 Å². The second kappa shape index (κ2) is 2.05.